The maximum Gasteiger partial charge on any atom is 0.306 e. The van der Waals surface area contributed by atoms with Crippen LogP contribution in [0.4, 0.5) is 0 Å². The maximum absolute atomic E-state index is 14.3. The standard InChI is InChI=1S/C38H56N6O7S/c1-22(2)31(44(7)37(48)28(26-11-10-12-26)17-32(46)30-13-8-9-14-43(30)6)18-33(51-25(5)45)36-42-29(21-52-36)35(47)41-27(15-24(4)38(49)50)16-34-39-19-23(3)20-40-34/h19-22,24,26-28,30-31,33H,8-18H2,1-7H3,(H,41,47)(H,49,50)/t24-,27+,28-,30+,31+,33+/m0/s1. The van der Waals surface area contributed by atoms with Gasteiger partial charge in [0.05, 0.1) is 12.0 Å². The molecule has 0 spiro atoms. The fraction of sp³-hybridized carbons (Fsp3) is 0.684. The summed E-state index contributed by atoms with van der Waals surface area (Å²) < 4.78 is 5.78. The Hall–Kier alpha value is -3.78. The monoisotopic (exact) mass is 740 g/mol. The van der Waals surface area contributed by atoms with Crippen LogP contribution in [0, 0.1) is 30.6 Å². The number of Topliss-reactive ketones (excluding diaryl/α,β-unsaturated/α-hetero) is 1. The highest BCUT2D eigenvalue weighted by Gasteiger charge is 2.40. The summed E-state index contributed by atoms with van der Waals surface area (Å²) in [5.74, 6) is -2.40. The quantitative estimate of drug-likeness (QED) is 0.197. The van der Waals surface area contributed by atoms with E-state index in [0.29, 0.717) is 10.8 Å². The smallest absolute Gasteiger partial charge is 0.306 e. The van der Waals surface area contributed by atoms with Crippen molar-refractivity contribution in [2.45, 2.75) is 123 Å². The predicted molar refractivity (Wildman–Crippen MR) is 197 cm³/mol. The van der Waals surface area contributed by atoms with Gasteiger partial charge in [0.2, 0.25) is 5.91 Å². The normalized spacial score (nSPS) is 19.5. The molecule has 2 aromatic heterocycles. The maximum atomic E-state index is 14.3. The number of ether oxygens (including phenoxy) is 1. The fourth-order valence-electron chi connectivity index (χ4n) is 7.32. The summed E-state index contributed by atoms with van der Waals surface area (Å²) in [4.78, 5) is 82.4. The number of aliphatic carboxylic acids is 1. The van der Waals surface area contributed by atoms with Gasteiger partial charge in [0.15, 0.2) is 11.9 Å². The van der Waals surface area contributed by atoms with Gasteiger partial charge in [0.1, 0.15) is 16.5 Å². The molecule has 2 aromatic rings. The lowest BCUT2D eigenvalue weighted by atomic mass is 9.72. The van der Waals surface area contributed by atoms with Gasteiger partial charge in [-0.25, -0.2) is 15.0 Å². The first kappa shape index (κ1) is 41.0. The number of likely N-dealkylation sites (tertiary alicyclic amines) is 1. The van der Waals surface area contributed by atoms with E-state index in [2.05, 4.69) is 25.2 Å². The topological polar surface area (TPSA) is 172 Å². The van der Waals surface area contributed by atoms with Crippen molar-refractivity contribution >= 4 is 40.9 Å². The van der Waals surface area contributed by atoms with Gasteiger partial charge < -0.3 is 20.1 Å². The number of aryl methyl sites for hydroxylation is 1. The SMILES string of the molecule is CC(=O)O[C@H](C[C@H](C(C)C)N(C)C(=O)[C@@H](CC(=O)[C@H]1CCCCN1C)C1CCC1)c1nc(C(=O)N[C@@H](Cc2ncc(C)cn2)C[C@H](C)C(=O)O)cs1. The van der Waals surface area contributed by atoms with Crippen LogP contribution < -0.4 is 5.32 Å². The molecule has 0 unspecified atom stereocenters. The summed E-state index contributed by atoms with van der Waals surface area (Å²) in [7, 11) is 3.77. The average Bonchev–Trinajstić information content (AvgIpc) is 3.56. The van der Waals surface area contributed by atoms with Gasteiger partial charge in [-0.05, 0) is 70.0 Å². The Morgan fingerprint density at radius 1 is 1.06 bits per heavy atom. The number of hydrogen-bond donors (Lipinski definition) is 2. The van der Waals surface area contributed by atoms with Crippen LogP contribution in [0.15, 0.2) is 17.8 Å². The van der Waals surface area contributed by atoms with Gasteiger partial charge in [-0.15, -0.1) is 11.3 Å². The van der Waals surface area contributed by atoms with Crippen LogP contribution in [-0.4, -0.2) is 98.2 Å². The van der Waals surface area contributed by atoms with E-state index in [0.717, 1.165) is 50.6 Å². The van der Waals surface area contributed by atoms with E-state index in [1.165, 1.54) is 18.3 Å². The molecule has 2 N–H and O–H groups in total. The molecule has 52 heavy (non-hydrogen) atoms. The van der Waals surface area contributed by atoms with Gasteiger partial charge in [-0.2, -0.15) is 0 Å². The first-order valence-electron chi connectivity index (χ1n) is 18.6. The van der Waals surface area contributed by atoms with Crippen molar-refractivity contribution in [2.75, 3.05) is 20.6 Å². The van der Waals surface area contributed by atoms with E-state index >= 15 is 0 Å². The summed E-state index contributed by atoms with van der Waals surface area (Å²) in [6.45, 7) is 9.67. The number of nitrogens with one attached hydrogen (secondary N) is 1. The molecule has 2 amide bonds. The number of carboxylic acids is 1. The lowest BCUT2D eigenvalue weighted by Gasteiger charge is -2.40. The third kappa shape index (κ3) is 11.1. The molecule has 286 valence electrons. The van der Waals surface area contributed by atoms with Crippen LogP contribution in [-0.2, 0) is 30.3 Å². The van der Waals surface area contributed by atoms with Gasteiger partial charge in [-0.1, -0.05) is 33.6 Å². The Bertz CT molecular complexity index is 1540. The van der Waals surface area contributed by atoms with Crippen molar-refractivity contribution in [2.24, 2.45) is 23.7 Å². The highest BCUT2D eigenvalue weighted by atomic mass is 32.1. The molecule has 0 radical (unpaired) electrons. The molecule has 6 atom stereocenters. The number of nitrogens with zero attached hydrogens (tertiary/aromatic N) is 5. The van der Waals surface area contributed by atoms with Crippen molar-refractivity contribution in [3.8, 4) is 0 Å². The summed E-state index contributed by atoms with van der Waals surface area (Å²) >= 11 is 1.18. The average molecular weight is 741 g/mol. The minimum absolute atomic E-state index is 0.0158. The van der Waals surface area contributed by atoms with Crippen LogP contribution in [0.25, 0.3) is 0 Å². The second kappa shape index (κ2) is 18.8. The molecular formula is C38H56N6O7S. The molecule has 1 saturated carbocycles. The largest absolute Gasteiger partial charge is 0.481 e. The fourth-order valence-corrected chi connectivity index (χ4v) is 8.16. The second-order valence-corrected chi connectivity index (χ2v) is 16.0. The summed E-state index contributed by atoms with van der Waals surface area (Å²) in [6.07, 6.45) is 9.23. The van der Waals surface area contributed by atoms with E-state index in [9.17, 15) is 29.1 Å². The van der Waals surface area contributed by atoms with Gasteiger partial charge in [0, 0.05) is 69.0 Å². The minimum Gasteiger partial charge on any atom is -0.481 e. The van der Waals surface area contributed by atoms with Crippen LogP contribution in [0.3, 0.4) is 0 Å². The van der Waals surface area contributed by atoms with Gasteiger partial charge >= 0.3 is 11.9 Å². The number of esters is 1. The highest BCUT2D eigenvalue weighted by Crippen LogP contribution is 2.38. The zero-order chi connectivity index (χ0) is 38.1. The molecule has 1 aliphatic heterocycles. The lowest BCUT2D eigenvalue weighted by Crippen LogP contribution is -2.49. The second-order valence-electron chi connectivity index (χ2n) is 15.2. The van der Waals surface area contributed by atoms with Crippen LogP contribution >= 0.6 is 11.3 Å². The molecule has 0 bridgehead atoms. The number of rotatable bonds is 18. The van der Waals surface area contributed by atoms with E-state index in [4.69, 9.17) is 4.74 Å². The number of piperidine rings is 1. The van der Waals surface area contributed by atoms with E-state index < -0.39 is 41.8 Å². The number of carbonyl (C=O) groups is 5. The van der Waals surface area contributed by atoms with E-state index in [1.54, 1.807) is 36.6 Å². The number of hydrogen-bond acceptors (Lipinski definition) is 11. The first-order chi connectivity index (χ1) is 24.6. The number of aromatic nitrogens is 3. The Morgan fingerprint density at radius 3 is 2.33 bits per heavy atom. The highest BCUT2D eigenvalue weighted by molar-refractivity contribution is 7.09. The Kier molecular flexibility index (Phi) is 14.8. The van der Waals surface area contributed by atoms with Crippen molar-refractivity contribution in [3.63, 3.8) is 0 Å². The lowest BCUT2D eigenvalue weighted by molar-refractivity contribution is -0.150. The van der Waals surface area contributed by atoms with Gasteiger partial charge in [-0.3, -0.25) is 28.9 Å². The summed E-state index contributed by atoms with van der Waals surface area (Å²) in [5, 5.41) is 14.5. The third-order valence-corrected chi connectivity index (χ3v) is 11.6. The Balaban J connectivity index is 1.50. The Labute approximate surface area is 311 Å². The summed E-state index contributed by atoms with van der Waals surface area (Å²) in [6, 6.07) is -1.06. The molecule has 2 aliphatic rings. The number of amides is 2. The zero-order valence-electron chi connectivity index (χ0n) is 31.7. The molecule has 13 nitrogen and oxygen atoms in total. The number of thiazole rings is 1. The molecular weight excluding hydrogens is 685 g/mol. The van der Waals surface area contributed by atoms with Crippen molar-refractivity contribution in [3.05, 3.63) is 39.9 Å². The number of likely N-dealkylation sites (N-methyl/N-ethyl adjacent to an activating group) is 1. The minimum atomic E-state index is -0.977. The van der Waals surface area contributed by atoms with E-state index in [1.807, 2.05) is 27.8 Å². The van der Waals surface area contributed by atoms with Crippen LogP contribution in [0.5, 0.6) is 0 Å². The molecule has 4 rings (SSSR count). The summed E-state index contributed by atoms with van der Waals surface area (Å²) in [5.41, 5.74) is 0.989. The molecule has 1 aliphatic carbocycles. The first-order valence-corrected chi connectivity index (χ1v) is 19.5. The molecule has 3 heterocycles. The Morgan fingerprint density at radius 2 is 1.75 bits per heavy atom. The number of carbonyl (C=O) groups excluding carboxylic acids is 4. The van der Waals surface area contributed by atoms with Gasteiger partial charge in [0.25, 0.3) is 5.91 Å². The molecule has 0 aromatic carbocycles. The number of ketones is 1. The predicted octanol–water partition coefficient (Wildman–Crippen LogP) is 5.03. The van der Waals surface area contributed by atoms with E-state index in [-0.39, 0.29) is 67.0 Å². The molecule has 1 saturated heterocycles. The van der Waals surface area contributed by atoms with Crippen molar-refractivity contribution in [1.29, 1.82) is 0 Å². The van der Waals surface area contributed by atoms with Crippen molar-refractivity contribution < 1.29 is 33.8 Å². The van der Waals surface area contributed by atoms with Crippen LogP contribution in [0.1, 0.15) is 118 Å². The molecule has 2 fully saturated rings. The van der Waals surface area contributed by atoms with Crippen molar-refractivity contribution in [1.82, 2.24) is 30.1 Å². The molecule has 14 heteroatoms. The number of carboxylic acid groups (broad SMARTS) is 1. The van der Waals surface area contributed by atoms with Crippen LogP contribution in [0.2, 0.25) is 0 Å². The third-order valence-electron chi connectivity index (χ3n) is 10.7. The zero-order valence-corrected chi connectivity index (χ0v) is 32.5.